The van der Waals surface area contributed by atoms with E-state index < -0.39 is 12.1 Å². The Balaban J connectivity index is 3.44. The van der Waals surface area contributed by atoms with E-state index in [2.05, 4.69) is 43.5 Å². The van der Waals surface area contributed by atoms with Crippen LogP contribution in [0.3, 0.4) is 0 Å². The lowest BCUT2D eigenvalue weighted by Gasteiger charge is -2.22. The monoisotopic (exact) mass is 690 g/mol. The number of aliphatic hydroxyl groups excluding tert-OH is 2. The summed E-state index contributed by atoms with van der Waals surface area (Å²) < 4.78 is 0. The van der Waals surface area contributed by atoms with Gasteiger partial charge in [0.15, 0.2) is 0 Å². The first kappa shape index (κ1) is 47.9. The fourth-order valence-electron chi connectivity index (χ4n) is 6.80. The van der Waals surface area contributed by atoms with Gasteiger partial charge in [-0.15, -0.1) is 0 Å². The number of hydrogen-bond acceptors (Lipinski definition) is 3. The quantitative estimate of drug-likeness (QED) is 0.0443. The van der Waals surface area contributed by atoms with Crippen LogP contribution in [0.4, 0.5) is 0 Å². The average Bonchev–Trinajstić information content (AvgIpc) is 3.10. The number of unbranched alkanes of at least 4 members (excludes halogenated alkanes) is 29. The molecule has 1 amide bonds. The first-order chi connectivity index (χ1) is 24.2. The van der Waals surface area contributed by atoms with E-state index in [-0.39, 0.29) is 12.5 Å². The molecule has 0 aromatic heterocycles. The zero-order chi connectivity index (χ0) is 35.7. The van der Waals surface area contributed by atoms with Crippen LogP contribution in [0.5, 0.6) is 0 Å². The minimum Gasteiger partial charge on any atom is -0.394 e. The summed E-state index contributed by atoms with van der Waals surface area (Å²) in [6.45, 7) is 4.34. The summed E-state index contributed by atoms with van der Waals surface area (Å²) in [7, 11) is 0. The summed E-state index contributed by atoms with van der Waals surface area (Å²) in [5, 5.41) is 23.1. The van der Waals surface area contributed by atoms with Gasteiger partial charge in [-0.05, 0) is 44.9 Å². The Morgan fingerprint density at radius 2 is 0.837 bits per heavy atom. The summed E-state index contributed by atoms with van der Waals surface area (Å²) >= 11 is 0. The van der Waals surface area contributed by atoms with Gasteiger partial charge in [0.25, 0.3) is 0 Å². The highest BCUT2D eigenvalue weighted by Gasteiger charge is 2.20. The van der Waals surface area contributed by atoms with E-state index in [4.69, 9.17) is 0 Å². The van der Waals surface area contributed by atoms with Crippen LogP contribution in [-0.4, -0.2) is 34.9 Å². The molecular weight excluding hydrogens is 602 g/mol. The number of allylic oxidation sites excluding steroid dienone is 4. The van der Waals surface area contributed by atoms with Gasteiger partial charge in [-0.2, -0.15) is 0 Å². The summed E-state index contributed by atoms with van der Waals surface area (Å²) in [5.74, 6) is -0.0317. The largest absolute Gasteiger partial charge is 0.394 e. The van der Waals surface area contributed by atoms with Crippen molar-refractivity contribution in [2.45, 2.75) is 251 Å². The normalized spacial score (nSPS) is 13.1. The van der Waals surface area contributed by atoms with Crippen LogP contribution in [0, 0.1) is 0 Å². The third-order valence-electron chi connectivity index (χ3n) is 10.2. The zero-order valence-electron chi connectivity index (χ0n) is 33.2. The van der Waals surface area contributed by atoms with Crippen LogP contribution >= 0.6 is 0 Å². The minimum atomic E-state index is -0.655. The van der Waals surface area contributed by atoms with Crippen LogP contribution in [0.15, 0.2) is 24.3 Å². The van der Waals surface area contributed by atoms with Crippen LogP contribution < -0.4 is 5.32 Å². The third kappa shape index (κ3) is 37.9. The number of carbonyl (C=O) groups excluding carboxylic acids is 1. The predicted octanol–water partition coefficient (Wildman–Crippen LogP) is 13.6. The van der Waals surface area contributed by atoms with Crippen molar-refractivity contribution in [3.8, 4) is 0 Å². The highest BCUT2D eigenvalue weighted by atomic mass is 16.3. The van der Waals surface area contributed by atoms with Gasteiger partial charge in [-0.25, -0.2) is 0 Å². The molecule has 4 nitrogen and oxygen atoms in total. The summed E-state index contributed by atoms with van der Waals surface area (Å²) in [5.41, 5.74) is 0. The van der Waals surface area contributed by atoms with E-state index in [9.17, 15) is 15.0 Å². The molecule has 0 fully saturated rings. The number of carbonyl (C=O) groups is 1. The second-order valence-electron chi connectivity index (χ2n) is 15.1. The molecule has 3 N–H and O–H groups in total. The van der Waals surface area contributed by atoms with Gasteiger partial charge < -0.3 is 15.5 Å². The van der Waals surface area contributed by atoms with Crippen LogP contribution in [0.2, 0.25) is 0 Å². The van der Waals surface area contributed by atoms with Crippen molar-refractivity contribution in [3.63, 3.8) is 0 Å². The van der Waals surface area contributed by atoms with Crippen LogP contribution in [0.1, 0.15) is 239 Å². The second-order valence-corrected chi connectivity index (χ2v) is 15.1. The maximum Gasteiger partial charge on any atom is 0.220 e. The minimum absolute atomic E-state index is 0.0317. The maximum absolute atomic E-state index is 12.4. The van der Waals surface area contributed by atoms with E-state index in [1.807, 2.05) is 0 Å². The van der Waals surface area contributed by atoms with Crippen molar-refractivity contribution in [2.24, 2.45) is 0 Å². The molecule has 0 aromatic rings. The molecular formula is C45H87NO3. The number of nitrogens with one attached hydrogen (secondary N) is 1. The number of hydrogen-bond donors (Lipinski definition) is 3. The predicted molar refractivity (Wildman–Crippen MR) is 216 cm³/mol. The molecule has 49 heavy (non-hydrogen) atoms. The Labute approximate surface area is 307 Å². The van der Waals surface area contributed by atoms with E-state index in [1.165, 1.54) is 180 Å². The van der Waals surface area contributed by atoms with Crippen molar-refractivity contribution in [1.82, 2.24) is 5.32 Å². The Hall–Kier alpha value is -1.13. The Morgan fingerprint density at radius 1 is 0.490 bits per heavy atom. The van der Waals surface area contributed by atoms with Crippen molar-refractivity contribution in [2.75, 3.05) is 6.61 Å². The molecule has 2 atom stereocenters. The fourth-order valence-corrected chi connectivity index (χ4v) is 6.80. The van der Waals surface area contributed by atoms with Crippen molar-refractivity contribution in [1.29, 1.82) is 0 Å². The number of rotatable bonds is 40. The van der Waals surface area contributed by atoms with Gasteiger partial charge in [-0.1, -0.05) is 212 Å². The topological polar surface area (TPSA) is 69.6 Å². The van der Waals surface area contributed by atoms with E-state index in [0.29, 0.717) is 12.8 Å². The molecule has 0 aliphatic heterocycles. The number of amides is 1. The average molecular weight is 690 g/mol. The lowest BCUT2D eigenvalue weighted by molar-refractivity contribution is -0.123. The molecule has 0 saturated heterocycles. The molecule has 290 valence electrons. The third-order valence-corrected chi connectivity index (χ3v) is 10.2. The summed E-state index contributed by atoms with van der Waals surface area (Å²) in [6, 6.07) is -0.532. The van der Waals surface area contributed by atoms with Crippen molar-refractivity contribution >= 4 is 5.91 Å². The van der Waals surface area contributed by atoms with Gasteiger partial charge >= 0.3 is 0 Å². The van der Waals surface area contributed by atoms with Crippen LogP contribution in [-0.2, 0) is 4.79 Å². The summed E-state index contributed by atoms with van der Waals surface area (Å²) in [4.78, 5) is 12.4. The Bertz CT molecular complexity index is 705. The van der Waals surface area contributed by atoms with E-state index >= 15 is 0 Å². The second kappa shape index (κ2) is 41.3. The molecule has 0 aliphatic rings. The van der Waals surface area contributed by atoms with Gasteiger partial charge in [0.1, 0.15) is 0 Å². The lowest BCUT2D eigenvalue weighted by atomic mass is 10.0. The van der Waals surface area contributed by atoms with Gasteiger partial charge in [0, 0.05) is 6.42 Å². The van der Waals surface area contributed by atoms with Crippen molar-refractivity contribution < 1.29 is 15.0 Å². The Kier molecular flexibility index (Phi) is 40.3. The van der Waals surface area contributed by atoms with E-state index in [0.717, 1.165) is 32.1 Å². The highest BCUT2D eigenvalue weighted by Crippen LogP contribution is 2.16. The zero-order valence-corrected chi connectivity index (χ0v) is 33.2. The summed E-state index contributed by atoms with van der Waals surface area (Å²) in [6.07, 6.45) is 52.6. The molecule has 4 heteroatoms. The molecule has 0 aromatic carbocycles. The molecule has 2 unspecified atom stereocenters. The molecule has 0 saturated carbocycles. The van der Waals surface area contributed by atoms with Gasteiger partial charge in [0.2, 0.25) is 5.91 Å². The number of aliphatic hydroxyl groups is 2. The molecule has 0 heterocycles. The smallest absolute Gasteiger partial charge is 0.220 e. The molecule has 0 rings (SSSR count). The Morgan fingerprint density at radius 3 is 1.22 bits per heavy atom. The molecule has 0 radical (unpaired) electrons. The van der Waals surface area contributed by atoms with Crippen molar-refractivity contribution in [3.05, 3.63) is 24.3 Å². The maximum atomic E-state index is 12.4. The molecule has 0 spiro atoms. The highest BCUT2D eigenvalue weighted by molar-refractivity contribution is 5.76. The molecule has 0 bridgehead atoms. The van der Waals surface area contributed by atoms with Gasteiger partial charge in [-0.3, -0.25) is 4.79 Å². The fraction of sp³-hybridized carbons (Fsp3) is 0.889. The SMILES string of the molecule is CCCCCCC/C=C\C/C=C\CCCCCCCCCCCCCCCCCC(=O)NC(CO)C(O)CCCCCCCCCCCC. The lowest BCUT2D eigenvalue weighted by Crippen LogP contribution is -2.45. The first-order valence-corrected chi connectivity index (χ1v) is 22.0. The first-order valence-electron chi connectivity index (χ1n) is 22.0. The van der Waals surface area contributed by atoms with Gasteiger partial charge in [0.05, 0.1) is 18.8 Å². The molecule has 0 aliphatic carbocycles. The van der Waals surface area contributed by atoms with E-state index in [1.54, 1.807) is 0 Å². The standard InChI is InChI=1S/C45H87NO3/c1-3-5-7-9-11-13-15-16-17-18-19-20-21-22-23-24-25-26-27-28-29-30-31-33-35-37-39-41-45(49)46-43(42-47)44(48)40-38-36-34-32-14-12-10-8-6-4-2/h15-16,18-19,43-44,47-48H,3-14,17,20-42H2,1-2H3,(H,46,49)/b16-15-,19-18-. The van der Waals surface area contributed by atoms with Crippen LogP contribution in [0.25, 0.3) is 0 Å².